The first-order valence-corrected chi connectivity index (χ1v) is 8.53. The molecule has 0 aromatic heterocycles. The van der Waals surface area contributed by atoms with Gasteiger partial charge in [0.2, 0.25) is 0 Å². The number of carbonyl (C=O) groups is 1. The molecule has 2 rings (SSSR count). The van der Waals surface area contributed by atoms with Crippen LogP contribution in [-0.2, 0) is 6.42 Å². The van der Waals surface area contributed by atoms with Crippen LogP contribution in [-0.4, -0.2) is 24.5 Å². The molecule has 0 aliphatic heterocycles. The van der Waals surface area contributed by atoms with Crippen molar-refractivity contribution in [1.82, 2.24) is 5.32 Å². The van der Waals surface area contributed by atoms with E-state index in [1.165, 1.54) is 11.1 Å². The van der Waals surface area contributed by atoms with Gasteiger partial charge in [-0.1, -0.05) is 42.5 Å². The van der Waals surface area contributed by atoms with Gasteiger partial charge in [0.25, 0.3) is 5.91 Å². The average Bonchev–Trinajstić information content (AvgIpc) is 2.60. The molecule has 5 heteroatoms. The van der Waals surface area contributed by atoms with Gasteiger partial charge in [-0.25, -0.2) is 0 Å². The smallest absolute Gasteiger partial charge is 0.251 e. The number of hydrogen-bond acceptors (Lipinski definition) is 2. The maximum atomic E-state index is 12.3. The van der Waals surface area contributed by atoms with Crippen LogP contribution in [0, 0.1) is 0 Å². The molecule has 1 amide bonds. The number of amides is 1. The number of benzene rings is 2. The summed E-state index contributed by atoms with van der Waals surface area (Å²) in [4.78, 5) is 16.2. The minimum Gasteiger partial charge on any atom is -0.370 e. The molecule has 0 bridgehead atoms. The summed E-state index contributed by atoms with van der Waals surface area (Å²) in [6, 6.07) is 18.1. The Labute approximate surface area is 149 Å². The van der Waals surface area contributed by atoms with Crippen molar-refractivity contribution in [3.05, 3.63) is 71.3 Å². The van der Waals surface area contributed by atoms with Gasteiger partial charge in [-0.05, 0) is 49.4 Å². The van der Waals surface area contributed by atoms with Crippen LogP contribution >= 0.6 is 0 Å². The largest absolute Gasteiger partial charge is 0.370 e. The minimum atomic E-state index is -0.0550. The van der Waals surface area contributed by atoms with E-state index in [9.17, 15) is 4.79 Å². The zero-order valence-corrected chi connectivity index (χ0v) is 14.6. The number of carbonyl (C=O) groups excluding carboxylic acids is 1. The highest BCUT2D eigenvalue weighted by molar-refractivity contribution is 5.94. The van der Waals surface area contributed by atoms with E-state index in [0.29, 0.717) is 12.1 Å². The van der Waals surface area contributed by atoms with Crippen molar-refractivity contribution >= 4 is 11.9 Å². The summed E-state index contributed by atoms with van der Waals surface area (Å²) in [6.07, 6.45) is 2.52. The second-order valence-electron chi connectivity index (χ2n) is 6.18. The van der Waals surface area contributed by atoms with E-state index < -0.39 is 0 Å². The standard InChI is InChI=1S/C20H26N4O/c1-15(6-5-13-23-20(21)22)24-19(25)18-11-9-17(10-12-18)14-16-7-3-2-4-8-16/h2-4,7-12,15H,5-6,13-14H2,1H3,(H,24,25)(H4,21,22,23). The van der Waals surface area contributed by atoms with E-state index in [2.05, 4.69) is 22.4 Å². The maximum Gasteiger partial charge on any atom is 0.251 e. The predicted octanol–water partition coefficient (Wildman–Crippen LogP) is 2.45. The molecule has 0 saturated carbocycles. The molecule has 1 unspecified atom stereocenters. The van der Waals surface area contributed by atoms with Crippen LogP contribution in [0.15, 0.2) is 59.6 Å². The lowest BCUT2D eigenvalue weighted by Gasteiger charge is -2.13. The third kappa shape index (κ3) is 6.67. The molecule has 1 atom stereocenters. The quantitative estimate of drug-likeness (QED) is 0.392. The molecular formula is C20H26N4O. The van der Waals surface area contributed by atoms with E-state index in [-0.39, 0.29) is 17.9 Å². The van der Waals surface area contributed by atoms with E-state index >= 15 is 0 Å². The molecule has 0 saturated heterocycles. The van der Waals surface area contributed by atoms with Crippen LogP contribution in [0.4, 0.5) is 0 Å². The number of guanidine groups is 1. The van der Waals surface area contributed by atoms with Crippen LogP contribution in [0.5, 0.6) is 0 Å². The SMILES string of the molecule is CC(CCCN=C(N)N)NC(=O)c1ccc(Cc2ccccc2)cc1. The highest BCUT2D eigenvalue weighted by Crippen LogP contribution is 2.11. The normalized spacial score (nSPS) is 11.6. The molecule has 2 aromatic carbocycles. The van der Waals surface area contributed by atoms with Crippen molar-refractivity contribution in [3.8, 4) is 0 Å². The summed E-state index contributed by atoms with van der Waals surface area (Å²) in [5.41, 5.74) is 13.7. The second kappa shape index (κ2) is 9.47. The Hall–Kier alpha value is -2.82. The average molecular weight is 338 g/mol. The van der Waals surface area contributed by atoms with E-state index in [0.717, 1.165) is 19.3 Å². The van der Waals surface area contributed by atoms with E-state index in [1.54, 1.807) is 0 Å². The third-order valence-electron chi connectivity index (χ3n) is 3.93. The fraction of sp³-hybridized carbons (Fsp3) is 0.300. The van der Waals surface area contributed by atoms with Crippen LogP contribution in [0.2, 0.25) is 0 Å². The maximum absolute atomic E-state index is 12.3. The fourth-order valence-corrected chi connectivity index (χ4v) is 2.59. The van der Waals surface area contributed by atoms with E-state index in [4.69, 9.17) is 11.5 Å². The third-order valence-corrected chi connectivity index (χ3v) is 3.93. The molecule has 2 aromatic rings. The lowest BCUT2D eigenvalue weighted by molar-refractivity contribution is 0.0938. The summed E-state index contributed by atoms with van der Waals surface area (Å²) in [7, 11) is 0. The van der Waals surface area contributed by atoms with Crippen molar-refractivity contribution in [2.75, 3.05) is 6.54 Å². The Morgan fingerprint density at radius 3 is 2.32 bits per heavy atom. The van der Waals surface area contributed by atoms with Crippen molar-refractivity contribution in [1.29, 1.82) is 0 Å². The van der Waals surface area contributed by atoms with Gasteiger partial charge < -0.3 is 16.8 Å². The number of rotatable bonds is 8. The van der Waals surface area contributed by atoms with Gasteiger partial charge in [0.05, 0.1) is 0 Å². The topological polar surface area (TPSA) is 93.5 Å². The Balaban J connectivity index is 1.82. The lowest BCUT2D eigenvalue weighted by atomic mass is 10.0. The Bertz CT molecular complexity index is 691. The van der Waals surface area contributed by atoms with Gasteiger partial charge in [-0.15, -0.1) is 0 Å². The highest BCUT2D eigenvalue weighted by Gasteiger charge is 2.09. The first-order valence-electron chi connectivity index (χ1n) is 8.53. The molecule has 0 fully saturated rings. The van der Waals surface area contributed by atoms with Gasteiger partial charge >= 0.3 is 0 Å². The molecule has 0 aliphatic rings. The number of hydrogen-bond donors (Lipinski definition) is 3. The monoisotopic (exact) mass is 338 g/mol. The molecule has 25 heavy (non-hydrogen) atoms. The van der Waals surface area contributed by atoms with Crippen LogP contribution in [0.25, 0.3) is 0 Å². The summed E-state index contributed by atoms with van der Waals surface area (Å²) >= 11 is 0. The Morgan fingerprint density at radius 1 is 1.04 bits per heavy atom. The Morgan fingerprint density at radius 2 is 1.68 bits per heavy atom. The fourth-order valence-electron chi connectivity index (χ4n) is 2.59. The highest BCUT2D eigenvalue weighted by atomic mass is 16.1. The molecule has 132 valence electrons. The molecule has 0 heterocycles. The molecule has 0 aliphatic carbocycles. The number of nitrogens with one attached hydrogen (secondary N) is 1. The van der Waals surface area contributed by atoms with Crippen molar-refractivity contribution in [2.24, 2.45) is 16.5 Å². The van der Waals surface area contributed by atoms with Gasteiger partial charge in [0, 0.05) is 18.2 Å². The van der Waals surface area contributed by atoms with Crippen molar-refractivity contribution < 1.29 is 4.79 Å². The molecule has 5 N–H and O–H groups in total. The summed E-state index contributed by atoms with van der Waals surface area (Å²) in [5.74, 6) is 0.0490. The first-order chi connectivity index (χ1) is 12.0. The van der Waals surface area contributed by atoms with Crippen molar-refractivity contribution in [3.63, 3.8) is 0 Å². The Kier molecular flexibility index (Phi) is 7.01. The van der Waals surface area contributed by atoms with Gasteiger partial charge in [-0.3, -0.25) is 9.79 Å². The summed E-state index contributed by atoms with van der Waals surface area (Å²) < 4.78 is 0. The van der Waals surface area contributed by atoms with Gasteiger partial charge in [0.15, 0.2) is 5.96 Å². The second-order valence-corrected chi connectivity index (χ2v) is 6.18. The van der Waals surface area contributed by atoms with Crippen LogP contribution in [0.1, 0.15) is 41.3 Å². The van der Waals surface area contributed by atoms with Gasteiger partial charge in [0.1, 0.15) is 0 Å². The zero-order chi connectivity index (χ0) is 18.1. The zero-order valence-electron chi connectivity index (χ0n) is 14.6. The van der Waals surface area contributed by atoms with E-state index in [1.807, 2.05) is 49.4 Å². The number of aliphatic imine (C=N–C) groups is 1. The van der Waals surface area contributed by atoms with Crippen LogP contribution < -0.4 is 16.8 Å². The molecule has 0 spiro atoms. The summed E-state index contributed by atoms with van der Waals surface area (Å²) in [5, 5.41) is 3.00. The first kappa shape index (κ1) is 18.5. The number of nitrogens with two attached hydrogens (primary N) is 2. The molecular weight excluding hydrogens is 312 g/mol. The number of nitrogens with zero attached hydrogens (tertiary/aromatic N) is 1. The summed E-state index contributed by atoms with van der Waals surface area (Å²) in [6.45, 7) is 2.56. The molecule has 0 radical (unpaired) electrons. The lowest BCUT2D eigenvalue weighted by Crippen LogP contribution is -2.32. The van der Waals surface area contributed by atoms with Gasteiger partial charge in [-0.2, -0.15) is 0 Å². The van der Waals surface area contributed by atoms with Crippen molar-refractivity contribution in [2.45, 2.75) is 32.2 Å². The minimum absolute atomic E-state index is 0.0550. The molecule has 5 nitrogen and oxygen atoms in total. The predicted molar refractivity (Wildman–Crippen MR) is 103 cm³/mol. The van der Waals surface area contributed by atoms with Crippen LogP contribution in [0.3, 0.4) is 0 Å².